The lowest BCUT2D eigenvalue weighted by Gasteiger charge is -2.27. The van der Waals surface area contributed by atoms with Crippen molar-refractivity contribution < 1.29 is 18.7 Å². The summed E-state index contributed by atoms with van der Waals surface area (Å²) in [6, 6.07) is 19.6. The van der Waals surface area contributed by atoms with Gasteiger partial charge < -0.3 is 24.3 Å². The van der Waals surface area contributed by atoms with Crippen LogP contribution < -0.4 is 20.5 Å². The fraction of sp³-hybridized carbons (Fsp3) is 0.361. The van der Waals surface area contributed by atoms with E-state index in [0.29, 0.717) is 29.7 Å². The number of amides is 2. The third kappa shape index (κ3) is 5.43. The van der Waals surface area contributed by atoms with E-state index in [0.717, 1.165) is 62.9 Å². The number of piperidine rings is 1. The summed E-state index contributed by atoms with van der Waals surface area (Å²) >= 11 is 1.68. The molecule has 1 N–H and O–H groups in total. The van der Waals surface area contributed by atoms with E-state index in [1.807, 2.05) is 42.5 Å². The summed E-state index contributed by atoms with van der Waals surface area (Å²) in [6.45, 7) is 7.18. The molecule has 0 radical (unpaired) electrons. The summed E-state index contributed by atoms with van der Waals surface area (Å²) in [5.41, 5.74) is 1.62. The molecule has 5 aromatic rings. The quantitative estimate of drug-likeness (QED) is 0.215. The minimum atomic E-state index is -0.943. The number of hydrogen-bond acceptors (Lipinski definition) is 7. The number of alkyl carbamates (subject to hydrolysis) is 1. The molecule has 0 atom stereocenters. The van der Waals surface area contributed by atoms with Crippen LogP contribution in [0.5, 0.6) is 0 Å². The molecular formula is C36H37N3O5S. The van der Waals surface area contributed by atoms with Crippen molar-refractivity contribution in [1.29, 1.82) is 0 Å². The van der Waals surface area contributed by atoms with E-state index < -0.39 is 17.2 Å². The van der Waals surface area contributed by atoms with Gasteiger partial charge in [-0.2, -0.15) is 0 Å². The Balaban J connectivity index is 1.25. The molecule has 1 aliphatic heterocycles. The topological polar surface area (TPSA) is 92.1 Å². The number of carbonyl (C=O) groups is 2. The maximum absolute atomic E-state index is 13.6. The lowest BCUT2D eigenvalue weighted by atomic mass is 10.00. The number of benzene rings is 3. The first-order valence-corrected chi connectivity index (χ1v) is 16.4. The maximum Gasteiger partial charge on any atom is 0.408 e. The molecule has 2 aromatic heterocycles. The highest BCUT2D eigenvalue weighted by molar-refractivity contribution is 7.26. The normalized spacial score (nSPS) is 16.2. The second kappa shape index (κ2) is 10.9. The van der Waals surface area contributed by atoms with Crippen LogP contribution in [0.2, 0.25) is 0 Å². The molecule has 9 heteroatoms. The third-order valence-corrected chi connectivity index (χ3v) is 9.99. The standard InChI is InChI=1S/C36H37N3O5S/c1-35(2,3)44-34(42)37-36(16-17-36)33(41)38(4)22-14-15-29-27(20-22)25-12-9-11-24(32(25)45-29)23-10-8-13-26-28(40)21-30(43-31(23)26)39-18-6-5-7-19-39/h8-15,20-21H,5-7,16-19H2,1-4H3,(H,37,42). The summed E-state index contributed by atoms with van der Waals surface area (Å²) in [6.07, 6.45) is 3.94. The van der Waals surface area contributed by atoms with Crippen molar-refractivity contribution >= 4 is 66.1 Å². The molecule has 0 unspecified atom stereocenters. The van der Waals surface area contributed by atoms with Crippen molar-refractivity contribution in [3.8, 4) is 11.1 Å². The molecular weight excluding hydrogens is 586 g/mol. The van der Waals surface area contributed by atoms with Gasteiger partial charge in [0.15, 0.2) is 11.3 Å². The first-order chi connectivity index (χ1) is 21.5. The minimum absolute atomic E-state index is 0.0332. The summed E-state index contributed by atoms with van der Waals surface area (Å²) in [4.78, 5) is 43.1. The van der Waals surface area contributed by atoms with E-state index in [1.54, 1.807) is 50.1 Å². The number of likely N-dealkylation sites (N-methyl/N-ethyl adjacent to an activating group) is 1. The number of carbonyl (C=O) groups excluding carboxylic acids is 2. The van der Waals surface area contributed by atoms with Crippen molar-refractivity contribution in [2.24, 2.45) is 0 Å². The highest BCUT2D eigenvalue weighted by Gasteiger charge is 2.53. The lowest BCUT2D eigenvalue weighted by Crippen LogP contribution is -2.50. The number of para-hydroxylation sites is 1. The van der Waals surface area contributed by atoms with E-state index in [9.17, 15) is 14.4 Å². The molecule has 3 heterocycles. The van der Waals surface area contributed by atoms with E-state index in [4.69, 9.17) is 9.15 Å². The summed E-state index contributed by atoms with van der Waals surface area (Å²) in [5.74, 6) is 0.471. The molecule has 1 saturated heterocycles. The van der Waals surface area contributed by atoms with Crippen LogP contribution in [0.25, 0.3) is 42.3 Å². The largest absolute Gasteiger partial charge is 0.444 e. The number of hydrogen-bond donors (Lipinski definition) is 1. The molecule has 2 amide bonds. The van der Waals surface area contributed by atoms with Gasteiger partial charge in [0.25, 0.3) is 5.91 Å². The number of nitrogens with one attached hydrogen (secondary N) is 1. The number of nitrogens with zero attached hydrogens (tertiary/aromatic N) is 2. The van der Waals surface area contributed by atoms with Crippen molar-refractivity contribution in [1.82, 2.24) is 5.32 Å². The molecule has 3 aromatic carbocycles. The van der Waals surface area contributed by atoms with Gasteiger partial charge in [0, 0.05) is 63.2 Å². The van der Waals surface area contributed by atoms with E-state index in [1.165, 1.54) is 6.42 Å². The summed E-state index contributed by atoms with van der Waals surface area (Å²) < 4.78 is 14.1. The third-order valence-electron chi connectivity index (χ3n) is 8.77. The molecule has 1 aliphatic carbocycles. The molecule has 2 fully saturated rings. The smallest absolute Gasteiger partial charge is 0.408 e. The molecule has 0 bridgehead atoms. The zero-order valence-electron chi connectivity index (χ0n) is 26.1. The van der Waals surface area contributed by atoms with Crippen molar-refractivity contribution in [2.75, 3.05) is 29.9 Å². The lowest BCUT2D eigenvalue weighted by molar-refractivity contribution is -0.121. The molecule has 1 saturated carbocycles. The first kappa shape index (κ1) is 29.3. The number of rotatable bonds is 5. The Labute approximate surface area is 265 Å². The van der Waals surface area contributed by atoms with E-state index in [2.05, 4.69) is 22.3 Å². The van der Waals surface area contributed by atoms with Crippen LogP contribution in [-0.4, -0.2) is 43.3 Å². The monoisotopic (exact) mass is 623 g/mol. The van der Waals surface area contributed by atoms with Crippen LogP contribution in [-0.2, 0) is 9.53 Å². The molecule has 0 spiro atoms. The van der Waals surface area contributed by atoms with Gasteiger partial charge in [-0.25, -0.2) is 4.79 Å². The Morgan fingerprint density at radius 2 is 1.64 bits per heavy atom. The molecule has 45 heavy (non-hydrogen) atoms. The second-order valence-electron chi connectivity index (χ2n) is 13.2. The highest BCUT2D eigenvalue weighted by atomic mass is 32.1. The minimum Gasteiger partial charge on any atom is -0.444 e. The van der Waals surface area contributed by atoms with Gasteiger partial charge in [-0.05, 0) is 77.1 Å². The fourth-order valence-electron chi connectivity index (χ4n) is 6.31. The zero-order valence-corrected chi connectivity index (χ0v) is 26.9. The second-order valence-corrected chi connectivity index (χ2v) is 14.3. The molecule has 7 rings (SSSR count). The van der Waals surface area contributed by atoms with Crippen LogP contribution in [0.15, 0.2) is 69.9 Å². The summed E-state index contributed by atoms with van der Waals surface area (Å²) in [7, 11) is 1.75. The molecule has 232 valence electrons. The van der Waals surface area contributed by atoms with Gasteiger partial charge in [-0.3, -0.25) is 9.59 Å². The van der Waals surface area contributed by atoms with Gasteiger partial charge in [0.2, 0.25) is 0 Å². The average Bonchev–Trinajstić information content (AvgIpc) is 3.70. The Morgan fingerprint density at radius 3 is 2.36 bits per heavy atom. The Bertz CT molecular complexity index is 2030. The Hall–Kier alpha value is -4.37. The molecule has 8 nitrogen and oxygen atoms in total. The number of anilines is 2. The Kier molecular flexibility index (Phi) is 7.11. The van der Waals surface area contributed by atoms with Gasteiger partial charge in [0.1, 0.15) is 16.7 Å². The van der Waals surface area contributed by atoms with Crippen molar-refractivity contribution in [3.05, 3.63) is 70.9 Å². The first-order valence-electron chi connectivity index (χ1n) is 15.6. The van der Waals surface area contributed by atoms with Gasteiger partial charge in [-0.1, -0.05) is 30.3 Å². The van der Waals surface area contributed by atoms with Gasteiger partial charge in [-0.15, -0.1) is 11.3 Å². The SMILES string of the molecule is CN(C(=O)C1(NC(=O)OC(C)(C)C)CC1)c1ccc2sc3c(-c4cccc5c(=O)cc(N6CCCCC6)oc45)cccc3c2c1. The highest BCUT2D eigenvalue weighted by Crippen LogP contribution is 2.44. The predicted molar refractivity (Wildman–Crippen MR) is 182 cm³/mol. The van der Waals surface area contributed by atoms with Crippen LogP contribution in [0.3, 0.4) is 0 Å². The average molecular weight is 624 g/mol. The van der Waals surface area contributed by atoms with Gasteiger partial charge >= 0.3 is 6.09 Å². The van der Waals surface area contributed by atoms with Gasteiger partial charge in [0.05, 0.1) is 5.39 Å². The number of thiophene rings is 1. The van der Waals surface area contributed by atoms with Crippen LogP contribution >= 0.6 is 11.3 Å². The van der Waals surface area contributed by atoms with Crippen molar-refractivity contribution in [2.45, 2.75) is 64.0 Å². The van der Waals surface area contributed by atoms with E-state index >= 15 is 0 Å². The predicted octanol–water partition coefficient (Wildman–Crippen LogP) is 7.84. The van der Waals surface area contributed by atoms with Crippen molar-refractivity contribution in [3.63, 3.8) is 0 Å². The Morgan fingerprint density at radius 1 is 0.933 bits per heavy atom. The van der Waals surface area contributed by atoms with E-state index in [-0.39, 0.29) is 11.3 Å². The fourth-order valence-corrected chi connectivity index (χ4v) is 7.52. The number of ether oxygens (including phenoxy) is 1. The van der Waals surface area contributed by atoms with Crippen LogP contribution in [0.4, 0.5) is 16.4 Å². The van der Waals surface area contributed by atoms with Crippen LogP contribution in [0.1, 0.15) is 52.9 Å². The maximum atomic E-state index is 13.6. The summed E-state index contributed by atoms with van der Waals surface area (Å²) in [5, 5.41) is 5.49. The molecule has 2 aliphatic rings. The number of fused-ring (bicyclic) bond motifs is 4. The van der Waals surface area contributed by atoms with Crippen LogP contribution in [0, 0.1) is 0 Å². The zero-order chi connectivity index (χ0) is 31.5.